The lowest BCUT2D eigenvalue weighted by molar-refractivity contribution is -0.107. The lowest BCUT2D eigenvalue weighted by atomic mass is 10.2. The molecular formula is C26H25ClN4O3S. The van der Waals surface area contributed by atoms with Crippen LogP contribution in [0.2, 0.25) is 5.02 Å². The van der Waals surface area contributed by atoms with Crippen LogP contribution in [0.15, 0.2) is 59.7 Å². The summed E-state index contributed by atoms with van der Waals surface area (Å²) in [5.74, 6) is 0.524. The first-order chi connectivity index (χ1) is 17.1. The number of amides is 1. The van der Waals surface area contributed by atoms with Crippen molar-refractivity contribution in [3.63, 3.8) is 0 Å². The van der Waals surface area contributed by atoms with Gasteiger partial charge in [-0.3, -0.25) is 14.2 Å². The Morgan fingerprint density at radius 3 is 2.63 bits per heavy atom. The third-order valence-corrected chi connectivity index (χ3v) is 7.71. The van der Waals surface area contributed by atoms with Gasteiger partial charge in [-0.05, 0) is 61.8 Å². The molecule has 0 saturated carbocycles. The molecule has 7 nitrogen and oxygen atoms in total. The van der Waals surface area contributed by atoms with Gasteiger partial charge < -0.3 is 14.5 Å². The molecule has 2 aromatic carbocycles. The second-order valence-corrected chi connectivity index (χ2v) is 9.94. The topological polar surface area (TPSA) is 67.7 Å². The van der Waals surface area contributed by atoms with Crippen molar-refractivity contribution in [2.24, 2.45) is 0 Å². The Hall–Kier alpha value is -3.20. The van der Waals surface area contributed by atoms with Crippen LogP contribution in [-0.2, 0) is 4.79 Å². The third kappa shape index (κ3) is 4.82. The molecule has 0 spiro atoms. The molecule has 1 aliphatic rings. The largest absolute Gasteiger partial charge is 0.494 e. The Bertz CT molecular complexity index is 1410. The van der Waals surface area contributed by atoms with Gasteiger partial charge in [0.2, 0.25) is 6.41 Å². The van der Waals surface area contributed by atoms with E-state index in [1.165, 1.54) is 35.1 Å². The number of carbonyl (C=O) groups is 1. The lowest BCUT2D eigenvalue weighted by Gasteiger charge is -2.23. The predicted octanol–water partition coefficient (Wildman–Crippen LogP) is 4.83. The Balaban J connectivity index is 1.45. The summed E-state index contributed by atoms with van der Waals surface area (Å²) in [7, 11) is 1.56. The minimum absolute atomic E-state index is 0.156. The highest BCUT2D eigenvalue weighted by molar-refractivity contribution is 7.22. The molecule has 9 heteroatoms. The monoisotopic (exact) mass is 508 g/mol. The number of ether oxygens (including phenoxy) is 1. The standard InChI is InChI=1S/C26H25ClN4O3S/c1-34-23-14-20(8-9-22(23)30(17-32)13-12-29-10-2-3-11-29)31-16-28-21-15-24(35-25(21)26(31)33)18-4-6-19(27)7-5-18/h4-9,14-17H,2-3,10-13H2,1H3. The van der Waals surface area contributed by atoms with Crippen LogP contribution in [0.5, 0.6) is 5.75 Å². The van der Waals surface area contributed by atoms with E-state index >= 15 is 0 Å². The minimum atomic E-state index is -0.156. The number of methoxy groups -OCH3 is 1. The normalized spacial score (nSPS) is 13.9. The van der Waals surface area contributed by atoms with Crippen LogP contribution in [-0.4, -0.2) is 54.1 Å². The van der Waals surface area contributed by atoms with E-state index in [2.05, 4.69) is 9.88 Å². The summed E-state index contributed by atoms with van der Waals surface area (Å²) >= 11 is 7.41. The van der Waals surface area contributed by atoms with Gasteiger partial charge in [-0.25, -0.2) is 4.98 Å². The SMILES string of the molecule is COc1cc(-n2cnc3cc(-c4ccc(Cl)cc4)sc3c2=O)ccc1N(C=O)CCN1CCCC1. The zero-order valence-corrected chi connectivity index (χ0v) is 20.9. The molecule has 1 saturated heterocycles. The van der Waals surface area contributed by atoms with E-state index in [9.17, 15) is 9.59 Å². The number of likely N-dealkylation sites (tertiary alicyclic amines) is 1. The molecular weight excluding hydrogens is 484 g/mol. The molecule has 0 unspecified atom stereocenters. The number of benzene rings is 2. The molecule has 1 amide bonds. The maximum Gasteiger partial charge on any atom is 0.275 e. The number of rotatable bonds is 8. The summed E-state index contributed by atoms with van der Waals surface area (Å²) < 4.78 is 7.68. The fourth-order valence-corrected chi connectivity index (χ4v) is 5.56. The van der Waals surface area contributed by atoms with Gasteiger partial charge in [0.25, 0.3) is 5.56 Å². The molecule has 0 radical (unpaired) electrons. The smallest absolute Gasteiger partial charge is 0.275 e. The lowest BCUT2D eigenvalue weighted by Crippen LogP contribution is -2.33. The fraction of sp³-hybridized carbons (Fsp3) is 0.269. The number of aromatic nitrogens is 2. The van der Waals surface area contributed by atoms with Gasteiger partial charge in [0.05, 0.1) is 24.0 Å². The maximum atomic E-state index is 13.4. The number of halogens is 1. The van der Waals surface area contributed by atoms with Crippen molar-refractivity contribution in [3.05, 3.63) is 70.2 Å². The van der Waals surface area contributed by atoms with E-state index in [0.29, 0.717) is 38.9 Å². The van der Waals surface area contributed by atoms with Crippen molar-refractivity contribution in [1.82, 2.24) is 14.5 Å². The summed E-state index contributed by atoms with van der Waals surface area (Å²) in [6.45, 7) is 3.54. The van der Waals surface area contributed by atoms with Gasteiger partial charge in [0.15, 0.2) is 0 Å². The van der Waals surface area contributed by atoms with Crippen molar-refractivity contribution in [1.29, 1.82) is 0 Å². The van der Waals surface area contributed by atoms with Crippen molar-refractivity contribution in [2.75, 3.05) is 38.2 Å². The van der Waals surface area contributed by atoms with Crippen LogP contribution in [0.3, 0.4) is 0 Å². The van der Waals surface area contributed by atoms with E-state index < -0.39 is 0 Å². The van der Waals surface area contributed by atoms with Gasteiger partial charge in [-0.1, -0.05) is 23.7 Å². The number of hydrogen-bond donors (Lipinski definition) is 0. The molecule has 0 bridgehead atoms. The summed E-state index contributed by atoms with van der Waals surface area (Å²) in [5, 5.41) is 0.664. The Kier molecular flexibility index (Phi) is 6.86. The van der Waals surface area contributed by atoms with Crippen LogP contribution in [0.4, 0.5) is 5.69 Å². The number of nitrogens with zero attached hydrogens (tertiary/aromatic N) is 4. The molecule has 0 atom stereocenters. The van der Waals surface area contributed by atoms with E-state index in [1.54, 1.807) is 18.1 Å². The molecule has 1 fully saturated rings. The summed E-state index contributed by atoms with van der Waals surface area (Å²) in [5.41, 5.74) is 2.78. The summed E-state index contributed by atoms with van der Waals surface area (Å²) in [4.78, 5) is 34.7. The molecule has 35 heavy (non-hydrogen) atoms. The maximum absolute atomic E-state index is 13.4. The van der Waals surface area contributed by atoms with Crippen molar-refractivity contribution in [2.45, 2.75) is 12.8 Å². The van der Waals surface area contributed by atoms with Crippen LogP contribution < -0.4 is 15.2 Å². The Morgan fingerprint density at radius 1 is 1.14 bits per heavy atom. The highest BCUT2D eigenvalue weighted by Crippen LogP contribution is 2.33. The first-order valence-corrected chi connectivity index (χ1v) is 12.7. The third-order valence-electron chi connectivity index (χ3n) is 6.30. The van der Waals surface area contributed by atoms with E-state index in [1.807, 2.05) is 42.5 Å². The first kappa shape index (κ1) is 23.5. The highest BCUT2D eigenvalue weighted by Gasteiger charge is 2.18. The molecule has 2 aromatic heterocycles. The molecule has 3 heterocycles. The van der Waals surface area contributed by atoms with Crippen LogP contribution >= 0.6 is 22.9 Å². The zero-order chi connectivity index (χ0) is 24.4. The second-order valence-electron chi connectivity index (χ2n) is 8.46. The summed E-state index contributed by atoms with van der Waals surface area (Å²) in [6, 6.07) is 14.8. The molecule has 1 aliphatic heterocycles. The number of anilines is 1. The molecule has 180 valence electrons. The van der Waals surface area contributed by atoms with Gasteiger partial charge in [0.1, 0.15) is 16.8 Å². The zero-order valence-electron chi connectivity index (χ0n) is 19.3. The van der Waals surface area contributed by atoms with Gasteiger partial charge in [-0.2, -0.15) is 0 Å². The van der Waals surface area contributed by atoms with Gasteiger partial charge >= 0.3 is 0 Å². The quantitative estimate of drug-likeness (QED) is 0.319. The van der Waals surface area contributed by atoms with Crippen molar-refractivity contribution < 1.29 is 9.53 Å². The van der Waals surface area contributed by atoms with Crippen LogP contribution in [0.25, 0.3) is 26.3 Å². The van der Waals surface area contributed by atoms with Gasteiger partial charge in [-0.15, -0.1) is 11.3 Å². The van der Waals surface area contributed by atoms with Crippen LogP contribution in [0.1, 0.15) is 12.8 Å². The van der Waals surface area contributed by atoms with E-state index in [4.69, 9.17) is 16.3 Å². The predicted molar refractivity (Wildman–Crippen MR) is 141 cm³/mol. The second kappa shape index (κ2) is 10.2. The number of fused-ring (bicyclic) bond motifs is 1. The number of carbonyl (C=O) groups excluding carboxylic acids is 1. The minimum Gasteiger partial charge on any atom is -0.494 e. The van der Waals surface area contributed by atoms with Gasteiger partial charge in [0, 0.05) is 29.1 Å². The molecule has 4 aromatic rings. The first-order valence-electron chi connectivity index (χ1n) is 11.5. The molecule has 5 rings (SSSR count). The number of thiophene rings is 1. The summed E-state index contributed by atoms with van der Waals surface area (Å²) in [6.07, 6.45) is 4.77. The average Bonchev–Trinajstić information content (AvgIpc) is 3.56. The van der Waals surface area contributed by atoms with Crippen molar-refractivity contribution in [3.8, 4) is 21.9 Å². The average molecular weight is 509 g/mol. The molecule has 0 N–H and O–H groups in total. The van der Waals surface area contributed by atoms with Crippen LogP contribution in [0, 0.1) is 0 Å². The Labute approximate surface area is 212 Å². The number of hydrogen-bond acceptors (Lipinski definition) is 6. The fourth-order valence-electron chi connectivity index (χ4n) is 4.39. The Morgan fingerprint density at radius 2 is 1.91 bits per heavy atom. The van der Waals surface area contributed by atoms with E-state index in [0.717, 1.165) is 36.5 Å². The van der Waals surface area contributed by atoms with Crippen molar-refractivity contribution >= 4 is 45.3 Å². The molecule has 0 aliphatic carbocycles. The van der Waals surface area contributed by atoms with E-state index in [-0.39, 0.29) is 5.56 Å². The highest BCUT2D eigenvalue weighted by atomic mass is 35.5.